The maximum atomic E-state index is 12.7. The van der Waals surface area contributed by atoms with E-state index in [0.29, 0.717) is 33.3 Å². The number of aromatic amines is 1. The second kappa shape index (κ2) is 7.86. The average Bonchev–Trinajstić information content (AvgIpc) is 3.42. The van der Waals surface area contributed by atoms with Crippen LogP contribution in [0.4, 0.5) is 5.82 Å². The molecule has 0 amide bonds. The minimum absolute atomic E-state index is 0.177. The van der Waals surface area contributed by atoms with Crippen molar-refractivity contribution in [2.75, 3.05) is 5.43 Å². The van der Waals surface area contributed by atoms with E-state index >= 15 is 0 Å². The molecule has 8 heteroatoms. The van der Waals surface area contributed by atoms with Crippen molar-refractivity contribution < 1.29 is 0 Å². The topological polar surface area (TPSA) is 113 Å². The van der Waals surface area contributed by atoms with Crippen molar-refractivity contribution in [1.29, 1.82) is 0 Å². The van der Waals surface area contributed by atoms with E-state index in [-0.39, 0.29) is 5.36 Å². The minimum Gasteiger partial charge on any atom is -0.287 e. The number of anilines is 1. The van der Waals surface area contributed by atoms with Crippen molar-refractivity contribution in [3.05, 3.63) is 111 Å². The van der Waals surface area contributed by atoms with Crippen molar-refractivity contribution >= 4 is 27.6 Å². The zero-order chi connectivity index (χ0) is 23.1. The van der Waals surface area contributed by atoms with Gasteiger partial charge >= 0.3 is 0 Å². The number of nitrogens with one attached hydrogen (secondary N) is 2. The molecule has 8 nitrogen and oxygen atoms in total. The summed E-state index contributed by atoms with van der Waals surface area (Å²) >= 11 is 0. The second-order valence-corrected chi connectivity index (χ2v) is 7.73. The summed E-state index contributed by atoms with van der Waals surface area (Å²) in [6, 6.07) is 26.2. The average molecular weight is 444 g/mol. The Kier molecular flexibility index (Phi) is 4.55. The first-order valence-electron chi connectivity index (χ1n) is 10.6. The summed E-state index contributed by atoms with van der Waals surface area (Å²) in [6.45, 7) is 0. The van der Waals surface area contributed by atoms with Crippen LogP contribution in [-0.2, 0) is 0 Å². The number of aromatic nitrogens is 4. The second-order valence-electron chi connectivity index (χ2n) is 7.73. The Bertz CT molecular complexity index is 1770. The molecule has 2 heterocycles. The van der Waals surface area contributed by atoms with E-state index in [4.69, 9.17) is 0 Å². The van der Waals surface area contributed by atoms with E-state index in [1.165, 1.54) is 0 Å². The molecule has 0 saturated carbocycles. The predicted octanol–water partition coefficient (Wildman–Crippen LogP) is 3.36. The molecule has 0 fully saturated rings. The van der Waals surface area contributed by atoms with E-state index in [0.717, 1.165) is 16.7 Å². The SMILES string of the molecule is O=c1c(=NNc2n[nH]c3nnc(-c4ccccc4)c(-c4ccccc4)c23)c(=O)c2ccccc12. The van der Waals surface area contributed by atoms with Crippen LogP contribution >= 0.6 is 0 Å². The number of hydrogen-bond acceptors (Lipinski definition) is 7. The molecule has 34 heavy (non-hydrogen) atoms. The lowest BCUT2D eigenvalue weighted by Gasteiger charge is -2.10. The fraction of sp³-hybridized carbons (Fsp3) is 0. The van der Waals surface area contributed by atoms with Crippen LogP contribution in [0.3, 0.4) is 0 Å². The molecule has 4 aromatic carbocycles. The molecule has 0 bridgehead atoms. The van der Waals surface area contributed by atoms with Crippen molar-refractivity contribution in [2.24, 2.45) is 5.10 Å². The van der Waals surface area contributed by atoms with Gasteiger partial charge < -0.3 is 0 Å². The zero-order valence-corrected chi connectivity index (χ0v) is 17.7. The first kappa shape index (κ1) is 19.7. The lowest BCUT2D eigenvalue weighted by Crippen LogP contribution is -2.32. The molecule has 6 rings (SSSR count). The summed E-state index contributed by atoms with van der Waals surface area (Å²) in [5, 5.41) is 21.3. The molecule has 0 radical (unpaired) electrons. The summed E-state index contributed by atoms with van der Waals surface area (Å²) in [5.41, 5.74) is 5.74. The molecule has 0 saturated heterocycles. The fourth-order valence-electron chi connectivity index (χ4n) is 4.12. The Morgan fingerprint density at radius 3 is 1.94 bits per heavy atom. The lowest BCUT2D eigenvalue weighted by molar-refractivity contribution is 1.02. The Balaban J connectivity index is 1.59. The van der Waals surface area contributed by atoms with E-state index in [9.17, 15) is 9.59 Å². The highest BCUT2D eigenvalue weighted by molar-refractivity contribution is 6.05. The molecule has 0 unspecified atom stereocenters. The standard InChI is InChI=1S/C26H16N6O2/c33-23-17-13-7-8-14-18(17)24(34)22(23)28-30-26-20-19(15-9-3-1-4-10-15)21(16-11-5-2-6-12-16)27-29-25(20)31-32-26/h1-14H,(H2,29,30,31,32). The maximum Gasteiger partial charge on any atom is 0.217 e. The molecule has 0 aliphatic rings. The van der Waals surface area contributed by atoms with Gasteiger partial charge in [0.2, 0.25) is 10.9 Å². The molecule has 0 aliphatic heterocycles. The van der Waals surface area contributed by atoms with Gasteiger partial charge in [-0.05, 0) is 5.56 Å². The van der Waals surface area contributed by atoms with Gasteiger partial charge in [0, 0.05) is 21.9 Å². The van der Waals surface area contributed by atoms with Crippen LogP contribution in [0.5, 0.6) is 0 Å². The molecule has 2 N–H and O–H groups in total. The van der Waals surface area contributed by atoms with Crippen LogP contribution in [0, 0.1) is 0 Å². The summed E-state index contributed by atoms with van der Waals surface area (Å²) < 4.78 is 0. The Morgan fingerprint density at radius 2 is 1.29 bits per heavy atom. The van der Waals surface area contributed by atoms with Crippen molar-refractivity contribution in [3.8, 4) is 22.4 Å². The first-order chi connectivity index (χ1) is 16.7. The van der Waals surface area contributed by atoms with Gasteiger partial charge in [0.15, 0.2) is 16.8 Å². The van der Waals surface area contributed by atoms with E-state index in [1.807, 2.05) is 60.7 Å². The molecule has 0 spiro atoms. The largest absolute Gasteiger partial charge is 0.287 e. The summed E-state index contributed by atoms with van der Waals surface area (Å²) in [6.07, 6.45) is 0. The van der Waals surface area contributed by atoms with Crippen molar-refractivity contribution in [2.45, 2.75) is 0 Å². The highest BCUT2D eigenvalue weighted by Gasteiger charge is 2.20. The molecule has 162 valence electrons. The third kappa shape index (κ3) is 3.08. The van der Waals surface area contributed by atoms with Crippen LogP contribution in [0.25, 0.3) is 44.2 Å². The van der Waals surface area contributed by atoms with Crippen LogP contribution in [0.15, 0.2) is 99.6 Å². The molecule has 0 aliphatic carbocycles. The van der Waals surface area contributed by atoms with E-state index in [2.05, 4.69) is 30.9 Å². The van der Waals surface area contributed by atoms with E-state index < -0.39 is 10.9 Å². The number of fused-ring (bicyclic) bond motifs is 2. The smallest absolute Gasteiger partial charge is 0.217 e. The highest BCUT2D eigenvalue weighted by atomic mass is 16.1. The van der Waals surface area contributed by atoms with Gasteiger partial charge in [-0.3, -0.25) is 20.1 Å². The molecule has 0 atom stereocenters. The van der Waals surface area contributed by atoms with Gasteiger partial charge in [-0.15, -0.1) is 10.2 Å². The Morgan fingerprint density at radius 1 is 0.706 bits per heavy atom. The first-order valence-corrected chi connectivity index (χ1v) is 10.6. The number of benzene rings is 3. The fourth-order valence-corrected chi connectivity index (χ4v) is 4.12. The number of hydrogen-bond donors (Lipinski definition) is 2. The van der Waals surface area contributed by atoms with Gasteiger partial charge in [0.05, 0.1) is 5.39 Å². The quantitative estimate of drug-likeness (QED) is 0.403. The number of rotatable bonds is 4. The van der Waals surface area contributed by atoms with Crippen LogP contribution in [0.2, 0.25) is 0 Å². The molecular formula is C26H16N6O2. The number of nitrogens with zero attached hydrogens (tertiary/aromatic N) is 4. The third-order valence-electron chi connectivity index (χ3n) is 5.71. The van der Waals surface area contributed by atoms with E-state index in [1.54, 1.807) is 24.3 Å². The van der Waals surface area contributed by atoms with Gasteiger partial charge in [-0.25, -0.2) is 0 Å². The summed E-state index contributed by atoms with van der Waals surface area (Å²) in [4.78, 5) is 25.4. The van der Waals surface area contributed by atoms with Crippen LogP contribution in [-0.4, -0.2) is 20.4 Å². The van der Waals surface area contributed by atoms with Gasteiger partial charge in [-0.1, -0.05) is 84.9 Å². The summed E-state index contributed by atoms with van der Waals surface area (Å²) in [5.74, 6) is 0.338. The van der Waals surface area contributed by atoms with Crippen molar-refractivity contribution in [3.63, 3.8) is 0 Å². The zero-order valence-electron chi connectivity index (χ0n) is 17.7. The van der Waals surface area contributed by atoms with Crippen molar-refractivity contribution in [1.82, 2.24) is 20.4 Å². The molecule has 2 aromatic heterocycles. The minimum atomic E-state index is -0.416. The molecular weight excluding hydrogens is 428 g/mol. The monoisotopic (exact) mass is 444 g/mol. The van der Waals surface area contributed by atoms with Gasteiger partial charge in [0.25, 0.3) is 0 Å². The third-order valence-corrected chi connectivity index (χ3v) is 5.71. The van der Waals surface area contributed by atoms with Gasteiger partial charge in [-0.2, -0.15) is 10.2 Å². The highest BCUT2D eigenvalue weighted by Crippen LogP contribution is 2.37. The Labute approximate surface area is 191 Å². The maximum absolute atomic E-state index is 12.7. The normalized spacial score (nSPS) is 11.2. The predicted molar refractivity (Wildman–Crippen MR) is 131 cm³/mol. The van der Waals surface area contributed by atoms with Crippen LogP contribution in [0.1, 0.15) is 0 Å². The molecule has 6 aromatic rings. The summed E-state index contributed by atoms with van der Waals surface area (Å²) in [7, 11) is 0. The van der Waals surface area contributed by atoms with Crippen LogP contribution < -0.4 is 21.6 Å². The lowest BCUT2D eigenvalue weighted by atomic mass is 9.97. The van der Waals surface area contributed by atoms with Gasteiger partial charge in [0.1, 0.15) is 5.69 Å². The Hall–Kier alpha value is -4.98. The number of H-pyrrole nitrogens is 1.